The zero-order chi connectivity index (χ0) is 27.3. The molecule has 4 aromatic rings. The molecule has 4 aromatic carbocycles. The SMILES string of the molecule is NC(=Nc1ccc(OCc2ccccc2)cc1)N1CCN(C=C2N=C(c3cccc4ccccc34)OC2=O)CC1. The zero-order valence-corrected chi connectivity index (χ0v) is 21.9. The van der Waals surface area contributed by atoms with Crippen LogP contribution < -0.4 is 10.5 Å². The fourth-order valence-electron chi connectivity index (χ4n) is 4.74. The number of nitrogens with zero attached hydrogens (tertiary/aromatic N) is 4. The Morgan fingerprint density at radius 1 is 0.900 bits per heavy atom. The molecule has 200 valence electrons. The molecule has 0 bridgehead atoms. The van der Waals surface area contributed by atoms with Crippen molar-refractivity contribution in [3.8, 4) is 5.75 Å². The van der Waals surface area contributed by atoms with E-state index >= 15 is 0 Å². The lowest BCUT2D eigenvalue weighted by atomic mass is 10.0. The van der Waals surface area contributed by atoms with Gasteiger partial charge in [0.05, 0.1) is 5.69 Å². The highest BCUT2D eigenvalue weighted by atomic mass is 16.6. The lowest BCUT2D eigenvalue weighted by Crippen LogP contribution is -2.49. The lowest BCUT2D eigenvalue weighted by molar-refractivity contribution is -0.130. The third-order valence-electron chi connectivity index (χ3n) is 6.91. The van der Waals surface area contributed by atoms with Gasteiger partial charge in [0.2, 0.25) is 5.90 Å². The molecular weight excluding hydrogens is 502 g/mol. The first-order valence-electron chi connectivity index (χ1n) is 13.2. The van der Waals surface area contributed by atoms with Crippen LogP contribution in [-0.2, 0) is 16.1 Å². The molecule has 0 spiro atoms. The number of carbonyl (C=O) groups excluding carboxylic acids is 1. The predicted octanol–water partition coefficient (Wildman–Crippen LogP) is 4.83. The maximum atomic E-state index is 12.6. The molecule has 8 nitrogen and oxygen atoms in total. The maximum absolute atomic E-state index is 12.6. The number of hydrogen-bond acceptors (Lipinski definition) is 6. The van der Waals surface area contributed by atoms with Crippen LogP contribution in [0.1, 0.15) is 11.1 Å². The van der Waals surface area contributed by atoms with Crippen LogP contribution in [0, 0.1) is 0 Å². The number of benzene rings is 4. The van der Waals surface area contributed by atoms with E-state index in [-0.39, 0.29) is 0 Å². The van der Waals surface area contributed by atoms with Crippen molar-refractivity contribution in [2.75, 3.05) is 26.2 Å². The van der Waals surface area contributed by atoms with Gasteiger partial charge >= 0.3 is 5.97 Å². The Morgan fingerprint density at radius 2 is 1.62 bits per heavy atom. The number of fused-ring (bicyclic) bond motifs is 1. The van der Waals surface area contributed by atoms with Crippen molar-refractivity contribution in [2.24, 2.45) is 15.7 Å². The molecule has 2 aliphatic rings. The monoisotopic (exact) mass is 531 g/mol. The molecule has 1 saturated heterocycles. The number of carbonyl (C=O) groups is 1. The molecule has 2 N–H and O–H groups in total. The molecule has 6 rings (SSSR count). The van der Waals surface area contributed by atoms with Crippen molar-refractivity contribution in [1.29, 1.82) is 0 Å². The molecule has 0 unspecified atom stereocenters. The Labute approximate surface area is 232 Å². The van der Waals surface area contributed by atoms with Crippen LogP contribution in [0.4, 0.5) is 5.69 Å². The van der Waals surface area contributed by atoms with E-state index in [1.807, 2.05) is 102 Å². The van der Waals surface area contributed by atoms with Gasteiger partial charge in [-0.15, -0.1) is 0 Å². The minimum atomic E-state index is -0.442. The fraction of sp³-hybridized carbons (Fsp3) is 0.156. The first-order chi connectivity index (χ1) is 19.6. The molecular formula is C32H29N5O3. The summed E-state index contributed by atoms with van der Waals surface area (Å²) < 4.78 is 11.4. The van der Waals surface area contributed by atoms with Gasteiger partial charge in [0.25, 0.3) is 0 Å². The van der Waals surface area contributed by atoms with E-state index in [2.05, 4.69) is 14.9 Å². The molecule has 0 atom stereocenters. The Morgan fingerprint density at radius 3 is 2.42 bits per heavy atom. The van der Waals surface area contributed by atoms with Gasteiger partial charge in [0.1, 0.15) is 12.4 Å². The summed E-state index contributed by atoms with van der Waals surface area (Å²) in [6.07, 6.45) is 1.78. The van der Waals surface area contributed by atoms with Crippen molar-refractivity contribution in [3.05, 3.63) is 120 Å². The van der Waals surface area contributed by atoms with E-state index in [4.69, 9.17) is 15.2 Å². The van der Waals surface area contributed by atoms with Gasteiger partial charge < -0.3 is 25.0 Å². The largest absolute Gasteiger partial charge is 0.489 e. The second kappa shape index (κ2) is 11.3. The van der Waals surface area contributed by atoms with E-state index in [0.29, 0.717) is 50.3 Å². The van der Waals surface area contributed by atoms with E-state index in [9.17, 15) is 4.79 Å². The quantitative estimate of drug-likeness (QED) is 0.166. The maximum Gasteiger partial charge on any atom is 0.365 e. The Kier molecular flexibility index (Phi) is 7.13. The number of guanidine groups is 1. The summed E-state index contributed by atoms with van der Waals surface area (Å²) in [7, 11) is 0. The standard InChI is InChI=1S/C32H29N5O3/c33-32(34-25-13-15-26(16-14-25)39-22-23-7-2-1-3-8-23)37-19-17-36(18-20-37)21-29-31(38)40-30(35-29)28-12-6-10-24-9-4-5-11-27(24)28/h1-16,21H,17-20,22H2,(H2,33,34). The number of rotatable bonds is 6. The second-order valence-corrected chi connectivity index (χ2v) is 9.61. The summed E-state index contributed by atoms with van der Waals surface area (Å²) in [5, 5.41) is 2.06. The van der Waals surface area contributed by atoms with Crippen molar-refractivity contribution < 1.29 is 14.3 Å². The van der Waals surface area contributed by atoms with E-state index in [0.717, 1.165) is 33.3 Å². The summed E-state index contributed by atoms with van der Waals surface area (Å²) in [6, 6.07) is 31.5. The minimum absolute atomic E-state index is 0.299. The van der Waals surface area contributed by atoms with Crippen molar-refractivity contribution in [2.45, 2.75) is 6.61 Å². The molecule has 0 amide bonds. The molecule has 0 aliphatic carbocycles. The molecule has 1 fully saturated rings. The third kappa shape index (κ3) is 5.66. The highest BCUT2D eigenvalue weighted by Gasteiger charge is 2.27. The Balaban J connectivity index is 1.06. The topological polar surface area (TPSA) is 92.8 Å². The molecule has 0 aromatic heterocycles. The van der Waals surface area contributed by atoms with Crippen LogP contribution in [0.25, 0.3) is 10.8 Å². The predicted molar refractivity (Wildman–Crippen MR) is 156 cm³/mol. The minimum Gasteiger partial charge on any atom is -0.489 e. The number of ether oxygens (including phenoxy) is 2. The normalized spacial score (nSPS) is 16.8. The van der Waals surface area contributed by atoms with Gasteiger partial charge in [-0.25, -0.2) is 14.8 Å². The second-order valence-electron chi connectivity index (χ2n) is 9.61. The molecule has 2 aliphatic heterocycles. The van der Waals surface area contributed by atoms with Crippen molar-refractivity contribution >= 4 is 34.3 Å². The van der Waals surface area contributed by atoms with Crippen LogP contribution in [0.15, 0.2) is 119 Å². The number of nitrogens with two attached hydrogens (primary N) is 1. The van der Waals surface area contributed by atoms with Crippen LogP contribution >= 0.6 is 0 Å². The van der Waals surface area contributed by atoms with Gasteiger partial charge in [0, 0.05) is 37.9 Å². The lowest BCUT2D eigenvalue weighted by Gasteiger charge is -2.34. The summed E-state index contributed by atoms with van der Waals surface area (Å²) >= 11 is 0. The van der Waals surface area contributed by atoms with Crippen molar-refractivity contribution in [1.82, 2.24) is 9.80 Å². The van der Waals surface area contributed by atoms with Crippen LogP contribution in [0.5, 0.6) is 5.75 Å². The zero-order valence-electron chi connectivity index (χ0n) is 21.9. The number of cyclic esters (lactones) is 1. The number of hydrogen-bond donors (Lipinski definition) is 1. The average Bonchev–Trinajstić information content (AvgIpc) is 3.36. The van der Waals surface area contributed by atoms with E-state index in [1.54, 1.807) is 6.20 Å². The molecule has 2 heterocycles. The summed E-state index contributed by atoms with van der Waals surface area (Å²) in [5.41, 5.74) is 9.31. The van der Waals surface area contributed by atoms with E-state index < -0.39 is 5.97 Å². The first kappa shape index (κ1) is 25.2. The number of piperazine rings is 1. The Hall–Kier alpha value is -5.11. The van der Waals surface area contributed by atoms with Gasteiger partial charge in [-0.05, 0) is 46.7 Å². The summed E-state index contributed by atoms with van der Waals surface area (Å²) in [6.45, 7) is 3.22. The highest BCUT2D eigenvalue weighted by Crippen LogP contribution is 2.24. The molecule has 0 saturated carbocycles. The van der Waals surface area contributed by atoms with Gasteiger partial charge in [0.15, 0.2) is 11.7 Å². The van der Waals surface area contributed by atoms with Gasteiger partial charge in [-0.2, -0.15) is 0 Å². The number of esters is 1. The molecule has 0 radical (unpaired) electrons. The third-order valence-corrected chi connectivity index (χ3v) is 6.91. The smallest absolute Gasteiger partial charge is 0.365 e. The highest BCUT2D eigenvalue weighted by molar-refractivity contribution is 6.16. The summed E-state index contributed by atoms with van der Waals surface area (Å²) in [4.78, 5) is 25.8. The van der Waals surface area contributed by atoms with Gasteiger partial charge in [-0.1, -0.05) is 66.7 Å². The molecule has 40 heavy (non-hydrogen) atoms. The van der Waals surface area contributed by atoms with Crippen LogP contribution in [-0.4, -0.2) is 53.8 Å². The van der Waals surface area contributed by atoms with Gasteiger partial charge in [-0.3, -0.25) is 0 Å². The average molecular weight is 532 g/mol. The molecule has 8 heteroatoms. The van der Waals surface area contributed by atoms with Crippen LogP contribution in [0.2, 0.25) is 0 Å². The first-order valence-corrected chi connectivity index (χ1v) is 13.2. The Bertz CT molecular complexity index is 1600. The summed E-state index contributed by atoms with van der Waals surface area (Å²) in [5.74, 6) is 1.13. The van der Waals surface area contributed by atoms with E-state index in [1.165, 1.54) is 0 Å². The van der Waals surface area contributed by atoms with Crippen molar-refractivity contribution in [3.63, 3.8) is 0 Å². The number of aliphatic imine (C=N–C) groups is 2. The fourth-order valence-corrected chi connectivity index (χ4v) is 4.74. The van der Waals surface area contributed by atoms with Crippen LogP contribution in [0.3, 0.4) is 0 Å².